The van der Waals surface area contributed by atoms with E-state index < -0.39 is 0 Å². The van der Waals surface area contributed by atoms with Gasteiger partial charge in [0, 0.05) is 23.8 Å². The van der Waals surface area contributed by atoms with Gasteiger partial charge < -0.3 is 10.6 Å². The largest absolute Gasteiger partial charge is 0.348 e. The third-order valence-corrected chi connectivity index (χ3v) is 4.49. The molecule has 2 aromatic heterocycles. The number of piperidine rings is 1. The van der Waals surface area contributed by atoms with Crippen molar-refractivity contribution in [1.29, 1.82) is 0 Å². The zero-order chi connectivity index (χ0) is 14.7. The van der Waals surface area contributed by atoms with E-state index in [-0.39, 0.29) is 36.8 Å². The fourth-order valence-electron chi connectivity index (χ4n) is 2.38. The van der Waals surface area contributed by atoms with Gasteiger partial charge in [-0.3, -0.25) is 14.8 Å². The van der Waals surface area contributed by atoms with Crippen LogP contribution in [0.2, 0.25) is 0 Å². The van der Waals surface area contributed by atoms with E-state index in [1.807, 2.05) is 0 Å². The Morgan fingerprint density at radius 1 is 1.39 bits per heavy atom. The van der Waals surface area contributed by atoms with Crippen LogP contribution in [0.25, 0.3) is 10.7 Å². The Balaban J connectivity index is 0.00000132. The highest BCUT2D eigenvalue weighted by Gasteiger charge is 2.24. The van der Waals surface area contributed by atoms with E-state index in [1.54, 1.807) is 24.0 Å². The minimum absolute atomic E-state index is 0. The molecule has 1 amide bonds. The molecule has 0 aliphatic carbocycles. The summed E-state index contributed by atoms with van der Waals surface area (Å²) in [6, 6.07) is 0.209. The summed E-state index contributed by atoms with van der Waals surface area (Å²) in [5.41, 5.74) is 1.14. The lowest BCUT2D eigenvalue weighted by molar-refractivity contribution is 0.0910. The molecule has 3 heterocycles. The Morgan fingerprint density at radius 2 is 2.22 bits per heavy atom. The normalized spacial score (nSPS) is 20.0. The number of nitrogens with one attached hydrogen (secondary N) is 2. The van der Waals surface area contributed by atoms with E-state index >= 15 is 0 Å². The zero-order valence-corrected chi connectivity index (χ0v) is 15.0. The Hall–Kier alpha value is -1.28. The van der Waals surface area contributed by atoms with E-state index in [0.29, 0.717) is 22.3 Å². The molecule has 9 heteroatoms. The Kier molecular flexibility index (Phi) is 7.84. The SMILES string of the molecule is CC1CNCCC1NC(=O)c1csc(-c2cnccn2)n1.Cl.Cl. The summed E-state index contributed by atoms with van der Waals surface area (Å²) in [6.45, 7) is 4.02. The fraction of sp³-hybridized carbons (Fsp3) is 0.429. The topological polar surface area (TPSA) is 79.8 Å². The van der Waals surface area contributed by atoms with Gasteiger partial charge in [-0.25, -0.2) is 4.98 Å². The number of carbonyl (C=O) groups is 1. The van der Waals surface area contributed by atoms with Gasteiger partial charge in [-0.1, -0.05) is 6.92 Å². The molecule has 2 N–H and O–H groups in total. The Labute approximate surface area is 151 Å². The molecule has 126 valence electrons. The first-order valence-corrected chi connectivity index (χ1v) is 7.85. The van der Waals surface area contributed by atoms with Gasteiger partial charge in [0.05, 0.1) is 6.20 Å². The molecule has 1 fully saturated rings. The molecule has 2 unspecified atom stereocenters. The predicted molar refractivity (Wildman–Crippen MR) is 95.5 cm³/mol. The van der Waals surface area contributed by atoms with E-state index in [4.69, 9.17) is 0 Å². The van der Waals surface area contributed by atoms with Crippen molar-refractivity contribution in [2.45, 2.75) is 19.4 Å². The maximum Gasteiger partial charge on any atom is 0.271 e. The van der Waals surface area contributed by atoms with Gasteiger partial charge in [-0.2, -0.15) is 0 Å². The lowest BCUT2D eigenvalue weighted by atomic mass is 9.95. The van der Waals surface area contributed by atoms with Crippen LogP contribution in [0.3, 0.4) is 0 Å². The maximum absolute atomic E-state index is 12.3. The number of nitrogens with zero attached hydrogens (tertiary/aromatic N) is 3. The fourth-order valence-corrected chi connectivity index (χ4v) is 3.14. The molecule has 0 bridgehead atoms. The number of amides is 1. The average molecular weight is 376 g/mol. The molecule has 2 aromatic rings. The smallest absolute Gasteiger partial charge is 0.271 e. The monoisotopic (exact) mass is 375 g/mol. The van der Waals surface area contributed by atoms with Crippen molar-refractivity contribution in [2.75, 3.05) is 13.1 Å². The molecule has 0 saturated carbocycles. The standard InChI is InChI=1S/C14H17N5OS.2ClH/c1-9-6-15-3-2-10(9)18-13(20)12-8-21-14(19-12)11-7-16-4-5-17-11;;/h4-5,7-10,15H,2-3,6H2,1H3,(H,18,20);2*1H. The summed E-state index contributed by atoms with van der Waals surface area (Å²) >= 11 is 1.41. The molecule has 0 spiro atoms. The molecule has 23 heavy (non-hydrogen) atoms. The van der Waals surface area contributed by atoms with Gasteiger partial charge >= 0.3 is 0 Å². The van der Waals surface area contributed by atoms with Crippen LogP contribution in [0.1, 0.15) is 23.8 Å². The number of carbonyl (C=O) groups excluding carboxylic acids is 1. The third-order valence-electron chi connectivity index (χ3n) is 3.62. The van der Waals surface area contributed by atoms with E-state index in [2.05, 4.69) is 32.5 Å². The first-order valence-electron chi connectivity index (χ1n) is 6.97. The molecule has 1 saturated heterocycles. The van der Waals surface area contributed by atoms with Crippen LogP contribution < -0.4 is 10.6 Å². The number of hydrogen-bond donors (Lipinski definition) is 2. The van der Waals surface area contributed by atoms with Crippen molar-refractivity contribution in [3.8, 4) is 10.7 Å². The van der Waals surface area contributed by atoms with Crippen molar-refractivity contribution in [1.82, 2.24) is 25.6 Å². The highest BCUT2D eigenvalue weighted by molar-refractivity contribution is 7.13. The Bertz CT molecular complexity index is 625. The molecule has 1 aliphatic rings. The van der Waals surface area contributed by atoms with Crippen molar-refractivity contribution in [2.24, 2.45) is 5.92 Å². The number of hydrogen-bond acceptors (Lipinski definition) is 6. The zero-order valence-electron chi connectivity index (χ0n) is 12.6. The molecule has 6 nitrogen and oxygen atoms in total. The summed E-state index contributed by atoms with van der Waals surface area (Å²) in [7, 11) is 0. The first-order chi connectivity index (χ1) is 10.2. The number of thiazole rings is 1. The average Bonchev–Trinajstić information content (AvgIpc) is 3.00. The van der Waals surface area contributed by atoms with Crippen LogP contribution in [0.5, 0.6) is 0 Å². The first kappa shape index (κ1) is 19.8. The summed E-state index contributed by atoms with van der Waals surface area (Å²) in [4.78, 5) is 24.8. The predicted octanol–water partition coefficient (Wildman–Crippen LogP) is 2.17. The summed E-state index contributed by atoms with van der Waals surface area (Å²) < 4.78 is 0. The van der Waals surface area contributed by atoms with Crippen LogP contribution in [0, 0.1) is 5.92 Å². The molecule has 0 radical (unpaired) electrons. The second kappa shape index (κ2) is 9.12. The molecule has 2 atom stereocenters. The van der Waals surface area contributed by atoms with Crippen molar-refractivity contribution in [3.05, 3.63) is 29.7 Å². The van der Waals surface area contributed by atoms with Gasteiger partial charge in [-0.15, -0.1) is 36.2 Å². The van der Waals surface area contributed by atoms with Crippen molar-refractivity contribution < 1.29 is 4.79 Å². The lowest BCUT2D eigenvalue weighted by Gasteiger charge is -2.29. The third kappa shape index (κ3) is 4.84. The second-order valence-corrected chi connectivity index (χ2v) is 6.04. The lowest BCUT2D eigenvalue weighted by Crippen LogP contribution is -2.48. The minimum atomic E-state index is -0.111. The Morgan fingerprint density at radius 3 is 2.91 bits per heavy atom. The number of halogens is 2. The van der Waals surface area contributed by atoms with Crippen molar-refractivity contribution >= 4 is 42.1 Å². The van der Waals surface area contributed by atoms with Gasteiger partial charge in [0.25, 0.3) is 5.91 Å². The molecular formula is C14H19Cl2N5OS. The van der Waals surface area contributed by atoms with Gasteiger partial charge in [-0.05, 0) is 25.4 Å². The van der Waals surface area contributed by atoms with Crippen LogP contribution in [-0.2, 0) is 0 Å². The van der Waals surface area contributed by atoms with E-state index in [1.165, 1.54) is 11.3 Å². The minimum Gasteiger partial charge on any atom is -0.348 e. The van der Waals surface area contributed by atoms with Gasteiger partial charge in [0.15, 0.2) is 0 Å². The van der Waals surface area contributed by atoms with Gasteiger partial charge in [0.1, 0.15) is 16.4 Å². The maximum atomic E-state index is 12.3. The van der Waals surface area contributed by atoms with Gasteiger partial charge in [0.2, 0.25) is 0 Å². The number of rotatable bonds is 3. The van der Waals surface area contributed by atoms with Crippen LogP contribution in [-0.4, -0.2) is 40.0 Å². The molecule has 1 aliphatic heterocycles. The molecular weight excluding hydrogens is 357 g/mol. The summed E-state index contributed by atoms with van der Waals surface area (Å²) in [6.07, 6.45) is 5.83. The van der Waals surface area contributed by atoms with E-state index in [9.17, 15) is 4.79 Å². The summed E-state index contributed by atoms with van der Waals surface area (Å²) in [5, 5.41) is 8.89. The second-order valence-electron chi connectivity index (χ2n) is 5.18. The molecule has 0 aromatic carbocycles. The van der Waals surface area contributed by atoms with Crippen LogP contribution in [0.4, 0.5) is 0 Å². The van der Waals surface area contributed by atoms with Crippen LogP contribution in [0.15, 0.2) is 24.0 Å². The highest BCUT2D eigenvalue weighted by Crippen LogP contribution is 2.21. The summed E-state index contributed by atoms with van der Waals surface area (Å²) in [5.74, 6) is 0.320. The quantitative estimate of drug-likeness (QED) is 0.858. The van der Waals surface area contributed by atoms with Crippen LogP contribution >= 0.6 is 36.2 Å². The van der Waals surface area contributed by atoms with E-state index in [0.717, 1.165) is 19.5 Å². The highest BCUT2D eigenvalue weighted by atomic mass is 35.5. The number of aromatic nitrogens is 3. The van der Waals surface area contributed by atoms with Crippen molar-refractivity contribution in [3.63, 3.8) is 0 Å². The molecule has 3 rings (SSSR count).